The zero-order chi connectivity index (χ0) is 9.35. The molecular formula is C6H5BClF3N-. The standard InChI is InChI=1S/C6H5BClF3N/c1-4-2-5(7(9,10)11)6(8)12-3-4/h2-3H,1H3/q-1. The van der Waals surface area contributed by atoms with Crippen molar-refractivity contribution in [3.05, 3.63) is 23.0 Å². The van der Waals surface area contributed by atoms with Gasteiger partial charge >= 0.3 is 6.98 Å². The molecule has 0 saturated carbocycles. The van der Waals surface area contributed by atoms with E-state index < -0.39 is 17.6 Å². The Bertz CT molecular complexity index is 299. The van der Waals surface area contributed by atoms with Crippen LogP contribution in [0.2, 0.25) is 5.15 Å². The van der Waals surface area contributed by atoms with Gasteiger partial charge in [-0.05, 0) is 12.5 Å². The lowest BCUT2D eigenvalue weighted by atomic mass is 9.81. The molecule has 12 heavy (non-hydrogen) atoms. The third kappa shape index (κ3) is 1.91. The Hall–Kier alpha value is -0.705. The molecule has 0 radical (unpaired) electrons. The van der Waals surface area contributed by atoms with E-state index in [9.17, 15) is 12.9 Å². The molecule has 0 aliphatic heterocycles. The lowest BCUT2D eigenvalue weighted by Gasteiger charge is -2.15. The fraction of sp³-hybridized carbons (Fsp3) is 0.167. The molecule has 1 aromatic heterocycles. The van der Waals surface area contributed by atoms with Crippen molar-refractivity contribution in [2.45, 2.75) is 6.92 Å². The van der Waals surface area contributed by atoms with Crippen molar-refractivity contribution in [2.24, 2.45) is 0 Å². The monoisotopic (exact) mass is 194 g/mol. The second-order valence-electron chi connectivity index (χ2n) is 2.47. The molecule has 0 aliphatic carbocycles. The van der Waals surface area contributed by atoms with Gasteiger partial charge in [0.25, 0.3) is 0 Å². The summed E-state index contributed by atoms with van der Waals surface area (Å²) in [7, 11) is 0. The Morgan fingerprint density at radius 1 is 1.42 bits per heavy atom. The van der Waals surface area contributed by atoms with Crippen molar-refractivity contribution in [3.63, 3.8) is 0 Å². The van der Waals surface area contributed by atoms with Gasteiger partial charge in [0.05, 0.1) is 0 Å². The highest BCUT2D eigenvalue weighted by molar-refractivity contribution is 6.75. The highest BCUT2D eigenvalue weighted by Gasteiger charge is 2.28. The normalized spacial score (nSPS) is 11.8. The van der Waals surface area contributed by atoms with E-state index in [1.807, 2.05) is 0 Å². The number of aryl methyl sites for hydroxylation is 1. The summed E-state index contributed by atoms with van der Waals surface area (Å²) >= 11 is 5.27. The zero-order valence-corrected chi connectivity index (χ0v) is 6.95. The smallest absolute Gasteiger partial charge is 0.445 e. The van der Waals surface area contributed by atoms with Crippen molar-refractivity contribution in [2.75, 3.05) is 0 Å². The summed E-state index contributed by atoms with van der Waals surface area (Å²) in [5.74, 6) is 0. The van der Waals surface area contributed by atoms with Crippen LogP contribution >= 0.6 is 11.6 Å². The average molecular weight is 194 g/mol. The van der Waals surface area contributed by atoms with Crippen LogP contribution in [0.5, 0.6) is 0 Å². The Kier molecular flexibility index (Phi) is 2.33. The first kappa shape index (κ1) is 9.38. The van der Waals surface area contributed by atoms with Gasteiger partial charge in [-0.1, -0.05) is 23.1 Å². The summed E-state index contributed by atoms with van der Waals surface area (Å²) in [6.07, 6.45) is 1.30. The van der Waals surface area contributed by atoms with Gasteiger partial charge in [-0.25, -0.2) is 4.98 Å². The van der Waals surface area contributed by atoms with Crippen molar-refractivity contribution in [1.82, 2.24) is 4.98 Å². The fourth-order valence-electron chi connectivity index (χ4n) is 0.805. The minimum atomic E-state index is -5.04. The van der Waals surface area contributed by atoms with E-state index in [4.69, 9.17) is 11.6 Å². The van der Waals surface area contributed by atoms with Crippen LogP contribution in [-0.4, -0.2) is 12.0 Å². The average Bonchev–Trinajstić information content (AvgIpc) is 1.92. The highest BCUT2D eigenvalue weighted by Crippen LogP contribution is 2.14. The van der Waals surface area contributed by atoms with Crippen molar-refractivity contribution in [1.29, 1.82) is 0 Å². The molecule has 1 rings (SSSR count). The van der Waals surface area contributed by atoms with Gasteiger partial charge < -0.3 is 12.9 Å². The van der Waals surface area contributed by atoms with Crippen LogP contribution < -0.4 is 5.46 Å². The summed E-state index contributed by atoms with van der Waals surface area (Å²) in [4.78, 5) is 3.41. The molecule has 1 nitrogen and oxygen atoms in total. The molecular weight excluding hydrogens is 189 g/mol. The second kappa shape index (κ2) is 2.97. The molecule has 1 aromatic rings. The lowest BCUT2D eigenvalue weighted by molar-refractivity contribution is 0.500. The molecule has 0 saturated heterocycles. The van der Waals surface area contributed by atoms with Gasteiger partial charge in [-0.3, -0.25) is 0 Å². The third-order valence-corrected chi connectivity index (χ3v) is 1.67. The number of halogens is 4. The molecule has 0 fully saturated rings. The number of hydrogen-bond acceptors (Lipinski definition) is 1. The zero-order valence-electron chi connectivity index (χ0n) is 6.19. The van der Waals surface area contributed by atoms with Gasteiger partial charge in [0.1, 0.15) is 5.15 Å². The quantitative estimate of drug-likeness (QED) is 0.493. The topological polar surface area (TPSA) is 12.9 Å². The second-order valence-corrected chi connectivity index (χ2v) is 2.83. The van der Waals surface area contributed by atoms with Gasteiger partial charge in [-0.2, -0.15) is 0 Å². The van der Waals surface area contributed by atoms with E-state index in [2.05, 4.69) is 4.98 Å². The maximum absolute atomic E-state index is 12.2. The molecule has 0 bridgehead atoms. The molecule has 0 atom stereocenters. The molecule has 0 unspecified atom stereocenters. The van der Waals surface area contributed by atoms with Crippen LogP contribution in [-0.2, 0) is 0 Å². The molecule has 1 heterocycles. The van der Waals surface area contributed by atoms with Crippen LogP contribution in [0.4, 0.5) is 12.9 Å². The summed E-state index contributed by atoms with van der Waals surface area (Å²) in [6, 6.07) is 0.995. The Labute approximate surface area is 72.6 Å². The molecule has 0 N–H and O–H groups in total. The lowest BCUT2D eigenvalue weighted by Crippen LogP contribution is -2.35. The van der Waals surface area contributed by atoms with Crippen molar-refractivity contribution < 1.29 is 12.9 Å². The van der Waals surface area contributed by atoms with E-state index in [0.29, 0.717) is 5.56 Å². The molecule has 6 heteroatoms. The molecule has 0 aromatic carbocycles. The largest absolute Gasteiger partial charge is 0.512 e. The van der Waals surface area contributed by atoms with Gasteiger partial charge in [0.2, 0.25) is 0 Å². The van der Waals surface area contributed by atoms with Crippen molar-refractivity contribution >= 4 is 24.0 Å². The first-order valence-corrected chi connectivity index (χ1v) is 3.61. The van der Waals surface area contributed by atoms with Crippen molar-refractivity contribution in [3.8, 4) is 0 Å². The predicted octanol–water partition coefficient (Wildman–Crippen LogP) is 2.10. The summed E-state index contributed by atoms with van der Waals surface area (Å²) in [6.45, 7) is -3.51. The van der Waals surface area contributed by atoms with E-state index in [0.717, 1.165) is 6.07 Å². The van der Waals surface area contributed by atoms with Crippen LogP contribution in [0, 0.1) is 6.92 Å². The molecule has 0 aliphatic rings. The minimum Gasteiger partial charge on any atom is -0.445 e. The molecule has 0 amide bonds. The van der Waals surface area contributed by atoms with Gasteiger partial charge in [0, 0.05) is 6.20 Å². The summed E-state index contributed by atoms with van der Waals surface area (Å²) in [5.41, 5.74) is -0.370. The van der Waals surface area contributed by atoms with Crippen LogP contribution in [0.25, 0.3) is 0 Å². The van der Waals surface area contributed by atoms with Gasteiger partial charge in [0.15, 0.2) is 0 Å². The SMILES string of the molecule is Cc1cnc(Cl)c([B-](F)(F)F)c1. The van der Waals surface area contributed by atoms with Crippen LogP contribution in [0.3, 0.4) is 0 Å². The first-order valence-electron chi connectivity index (χ1n) is 3.23. The van der Waals surface area contributed by atoms with Crippen LogP contribution in [0.15, 0.2) is 12.3 Å². The van der Waals surface area contributed by atoms with E-state index in [1.165, 1.54) is 13.1 Å². The fourth-order valence-corrected chi connectivity index (χ4v) is 1.03. The Morgan fingerprint density at radius 3 is 2.42 bits per heavy atom. The minimum absolute atomic E-state index is 0.452. The van der Waals surface area contributed by atoms with Gasteiger partial charge in [-0.15, -0.1) is 0 Å². The van der Waals surface area contributed by atoms with E-state index >= 15 is 0 Å². The summed E-state index contributed by atoms with van der Waals surface area (Å²) < 4.78 is 36.5. The maximum atomic E-state index is 12.2. The molecule has 66 valence electrons. The number of pyridine rings is 1. The predicted molar refractivity (Wildman–Crippen MR) is 42.7 cm³/mol. The van der Waals surface area contributed by atoms with Crippen LogP contribution in [0.1, 0.15) is 5.56 Å². The van der Waals surface area contributed by atoms with E-state index in [1.54, 1.807) is 0 Å². The Morgan fingerprint density at radius 2 is 2.00 bits per heavy atom. The number of rotatable bonds is 1. The third-order valence-electron chi connectivity index (χ3n) is 1.36. The first-order chi connectivity index (χ1) is 5.41. The summed E-state index contributed by atoms with van der Waals surface area (Å²) in [5, 5.41) is -0.479. The number of aromatic nitrogens is 1. The Balaban J connectivity index is 3.23. The number of hydrogen-bond donors (Lipinski definition) is 0. The number of nitrogens with zero attached hydrogens (tertiary/aromatic N) is 1. The van der Waals surface area contributed by atoms with E-state index in [-0.39, 0.29) is 0 Å². The maximum Gasteiger partial charge on any atom is 0.512 e. The highest BCUT2D eigenvalue weighted by atomic mass is 35.5. The molecule has 0 spiro atoms.